The van der Waals surface area contributed by atoms with E-state index >= 15 is 0 Å². The Labute approximate surface area is 391 Å². The van der Waals surface area contributed by atoms with Gasteiger partial charge in [0, 0.05) is 12.8 Å². The van der Waals surface area contributed by atoms with Gasteiger partial charge in [0.25, 0.3) is 0 Å². The van der Waals surface area contributed by atoms with E-state index in [1.165, 1.54) is 180 Å². The number of carbonyl (C=O) groups excluding carboxylic acids is 2. The van der Waals surface area contributed by atoms with E-state index in [4.69, 9.17) is 24.8 Å². The Morgan fingerprint density at radius 1 is 0.469 bits per heavy atom. The van der Waals surface area contributed by atoms with Gasteiger partial charge in [0.15, 0.2) is 6.10 Å². The Balaban J connectivity index is 4.21. The zero-order valence-electron chi connectivity index (χ0n) is 41.1. The van der Waals surface area contributed by atoms with Gasteiger partial charge in [0.1, 0.15) is 12.6 Å². The van der Waals surface area contributed by atoms with Crippen LogP contribution >= 0.6 is 7.82 Å². The van der Waals surface area contributed by atoms with E-state index in [0.29, 0.717) is 12.8 Å². The van der Waals surface area contributed by atoms with Gasteiger partial charge in [0.2, 0.25) is 0 Å². The van der Waals surface area contributed by atoms with Crippen molar-refractivity contribution in [3.8, 4) is 0 Å². The lowest BCUT2D eigenvalue weighted by molar-refractivity contribution is -0.161. The predicted molar refractivity (Wildman–Crippen MR) is 263 cm³/mol. The number of carboxylic acid groups (broad SMARTS) is 1. The summed E-state index contributed by atoms with van der Waals surface area (Å²) in [6.07, 6.45) is 52.4. The van der Waals surface area contributed by atoms with Crippen LogP contribution in [0.1, 0.15) is 258 Å². The number of carbonyl (C=O) groups is 3. The number of esters is 2. The van der Waals surface area contributed by atoms with Gasteiger partial charge in [-0.15, -0.1) is 0 Å². The molecule has 0 bridgehead atoms. The molecule has 0 amide bonds. The van der Waals surface area contributed by atoms with Crippen LogP contribution in [0.5, 0.6) is 0 Å². The molecule has 0 heterocycles. The highest BCUT2D eigenvalue weighted by Gasteiger charge is 2.28. The van der Waals surface area contributed by atoms with Crippen LogP contribution in [-0.4, -0.2) is 59.9 Å². The molecule has 0 aromatic heterocycles. The molecule has 0 saturated carbocycles. The summed E-state index contributed by atoms with van der Waals surface area (Å²) in [6, 6.07) is -1.52. The Morgan fingerprint density at radius 3 is 1.14 bits per heavy atom. The average Bonchev–Trinajstić information content (AvgIpc) is 3.27. The van der Waals surface area contributed by atoms with Gasteiger partial charge < -0.3 is 25.2 Å². The molecule has 3 atom stereocenters. The van der Waals surface area contributed by atoms with E-state index in [1.54, 1.807) is 0 Å². The summed E-state index contributed by atoms with van der Waals surface area (Å²) in [5.74, 6) is -2.37. The molecule has 0 radical (unpaired) electrons. The second-order valence-electron chi connectivity index (χ2n) is 18.0. The third-order valence-electron chi connectivity index (χ3n) is 11.7. The summed E-state index contributed by atoms with van der Waals surface area (Å²) in [5, 5.41) is 8.93. The van der Waals surface area contributed by atoms with E-state index in [9.17, 15) is 23.8 Å². The van der Waals surface area contributed by atoms with Crippen LogP contribution in [0.3, 0.4) is 0 Å². The van der Waals surface area contributed by atoms with Crippen molar-refractivity contribution in [1.29, 1.82) is 0 Å². The molecule has 0 saturated heterocycles. The molecule has 0 aliphatic rings. The maximum atomic E-state index is 12.7. The summed E-state index contributed by atoms with van der Waals surface area (Å²) in [7, 11) is -4.72. The second kappa shape index (κ2) is 47.5. The van der Waals surface area contributed by atoms with Crippen molar-refractivity contribution in [1.82, 2.24) is 0 Å². The molecule has 64 heavy (non-hydrogen) atoms. The molecule has 1 unspecified atom stereocenters. The number of phosphoric acid groups is 1. The number of aliphatic carboxylic acids is 1. The molecule has 0 aliphatic carbocycles. The molecular weight excluding hydrogens is 830 g/mol. The largest absolute Gasteiger partial charge is 0.480 e. The number of unbranched alkanes of at least 4 members (excludes halogenated alkanes) is 32. The first-order chi connectivity index (χ1) is 31.1. The lowest BCUT2D eigenvalue weighted by atomic mass is 10.0. The van der Waals surface area contributed by atoms with Crippen LogP contribution in [0.2, 0.25) is 0 Å². The first kappa shape index (κ1) is 62.0. The summed E-state index contributed by atoms with van der Waals surface area (Å²) >= 11 is 0. The van der Waals surface area contributed by atoms with Crippen LogP contribution in [0.15, 0.2) is 24.3 Å². The van der Waals surface area contributed by atoms with E-state index in [1.807, 2.05) is 0 Å². The second-order valence-corrected chi connectivity index (χ2v) is 19.5. The molecule has 0 aliphatic heterocycles. The van der Waals surface area contributed by atoms with Crippen LogP contribution < -0.4 is 5.73 Å². The highest BCUT2D eigenvalue weighted by atomic mass is 31.2. The number of allylic oxidation sites excluding steroid dienone is 4. The van der Waals surface area contributed by atoms with Crippen molar-refractivity contribution >= 4 is 25.7 Å². The highest BCUT2D eigenvalue weighted by Crippen LogP contribution is 2.43. The van der Waals surface area contributed by atoms with Gasteiger partial charge in [-0.1, -0.05) is 205 Å². The van der Waals surface area contributed by atoms with Crippen molar-refractivity contribution in [2.24, 2.45) is 5.73 Å². The lowest BCUT2D eigenvalue weighted by Crippen LogP contribution is -2.34. The summed E-state index contributed by atoms with van der Waals surface area (Å²) in [5.41, 5.74) is 5.36. The van der Waals surface area contributed by atoms with E-state index in [2.05, 4.69) is 42.7 Å². The molecular formula is C52H98NO10P. The molecule has 11 nitrogen and oxygen atoms in total. The normalized spacial score (nSPS) is 13.7. The van der Waals surface area contributed by atoms with Gasteiger partial charge >= 0.3 is 25.7 Å². The molecule has 12 heteroatoms. The van der Waals surface area contributed by atoms with Gasteiger partial charge in [0.05, 0.1) is 13.2 Å². The molecule has 0 aromatic carbocycles. The van der Waals surface area contributed by atoms with Crippen molar-refractivity contribution in [2.75, 3.05) is 19.8 Å². The number of hydrogen-bond acceptors (Lipinski definition) is 9. The maximum absolute atomic E-state index is 12.7. The number of ether oxygens (including phenoxy) is 2. The standard InChI is InChI=1S/C52H98NO10P/c1-3-5-7-9-11-13-15-17-19-21-23-24-26-27-29-31-33-35-37-39-41-43-50(54)60-45-48(46-61-64(58,59)62-47-49(53)52(56)57)63-51(55)44-42-40-38-36-34-32-30-28-25-22-20-18-16-14-12-10-8-6-4-2/h17-20,48-49H,3-16,21-47,53H2,1-2H3,(H,56,57)(H,58,59)/b19-17-,20-18-/t48-,49+/m1/s1. The van der Waals surface area contributed by atoms with E-state index in [0.717, 1.165) is 38.5 Å². The van der Waals surface area contributed by atoms with Crippen LogP contribution in [0.25, 0.3) is 0 Å². The fourth-order valence-corrected chi connectivity index (χ4v) is 8.31. The minimum atomic E-state index is -4.72. The fourth-order valence-electron chi connectivity index (χ4n) is 7.53. The SMILES string of the molecule is CCCCCCCC/C=C\CCCCCCCCCCCCCC(=O)OC[C@H](COP(=O)(O)OC[C@H](N)C(=O)O)OC(=O)CCCCCCCCCCC/C=C\CCCCCCCC. The molecule has 0 rings (SSSR count). The van der Waals surface area contributed by atoms with E-state index < -0.39 is 51.1 Å². The minimum absolute atomic E-state index is 0.162. The number of carboxylic acids is 1. The Hall–Kier alpha value is -2.04. The highest BCUT2D eigenvalue weighted by molar-refractivity contribution is 7.47. The number of phosphoric ester groups is 1. The zero-order valence-corrected chi connectivity index (χ0v) is 42.0. The number of hydrogen-bond donors (Lipinski definition) is 3. The zero-order chi connectivity index (χ0) is 47.0. The summed E-state index contributed by atoms with van der Waals surface area (Å²) < 4.78 is 32.9. The van der Waals surface area contributed by atoms with Crippen molar-refractivity contribution in [3.63, 3.8) is 0 Å². The van der Waals surface area contributed by atoms with Crippen molar-refractivity contribution in [2.45, 2.75) is 270 Å². The average molecular weight is 928 g/mol. The lowest BCUT2D eigenvalue weighted by Gasteiger charge is -2.20. The van der Waals surface area contributed by atoms with E-state index in [-0.39, 0.29) is 19.4 Å². The molecule has 0 aromatic rings. The molecule has 376 valence electrons. The predicted octanol–water partition coefficient (Wildman–Crippen LogP) is 15.0. The maximum Gasteiger partial charge on any atom is 0.472 e. The quantitative estimate of drug-likeness (QED) is 0.0229. The third kappa shape index (κ3) is 46.5. The molecule has 0 fully saturated rings. The van der Waals surface area contributed by atoms with Gasteiger partial charge in [-0.2, -0.15) is 0 Å². The topological polar surface area (TPSA) is 172 Å². The van der Waals surface area contributed by atoms with Crippen molar-refractivity contribution in [3.05, 3.63) is 24.3 Å². The van der Waals surface area contributed by atoms with Crippen molar-refractivity contribution < 1.29 is 47.5 Å². The summed E-state index contributed by atoms with van der Waals surface area (Å²) in [4.78, 5) is 46.2. The fraction of sp³-hybridized carbons (Fsp3) is 0.865. The minimum Gasteiger partial charge on any atom is -0.480 e. The van der Waals surface area contributed by atoms with Gasteiger partial charge in [-0.25, -0.2) is 4.57 Å². The Kier molecular flexibility index (Phi) is 45.9. The monoisotopic (exact) mass is 928 g/mol. The van der Waals surface area contributed by atoms with Gasteiger partial charge in [-0.05, 0) is 64.2 Å². The third-order valence-corrected chi connectivity index (χ3v) is 12.6. The first-order valence-electron chi connectivity index (χ1n) is 26.4. The molecule has 0 spiro atoms. The smallest absolute Gasteiger partial charge is 0.472 e. The molecule has 4 N–H and O–H groups in total. The summed E-state index contributed by atoms with van der Waals surface area (Å²) in [6.45, 7) is 2.84. The first-order valence-corrected chi connectivity index (χ1v) is 27.9. The number of nitrogens with two attached hydrogens (primary N) is 1. The van der Waals surface area contributed by atoms with Crippen LogP contribution in [-0.2, 0) is 37.5 Å². The van der Waals surface area contributed by atoms with Gasteiger partial charge in [-0.3, -0.25) is 23.4 Å². The number of rotatable bonds is 50. The Morgan fingerprint density at radius 2 is 0.781 bits per heavy atom. The van der Waals surface area contributed by atoms with Crippen LogP contribution in [0.4, 0.5) is 0 Å². The van der Waals surface area contributed by atoms with Crippen LogP contribution in [0, 0.1) is 0 Å². The Bertz CT molecular complexity index is 1180.